The van der Waals surface area contributed by atoms with Gasteiger partial charge in [0.15, 0.2) is 10.3 Å². The fraction of sp³-hybridized carbons (Fsp3) is 0.111. The molecule has 0 atom stereocenters. The van der Waals surface area contributed by atoms with Crippen LogP contribution in [0.5, 0.6) is 0 Å². The summed E-state index contributed by atoms with van der Waals surface area (Å²) in [6.07, 6.45) is 6.49. The van der Waals surface area contributed by atoms with Crippen LogP contribution in [-0.4, -0.2) is 25.0 Å². The Kier molecular flexibility index (Phi) is 3.21. The lowest BCUT2D eigenvalue weighted by Crippen LogP contribution is -1.92. The highest BCUT2D eigenvalue weighted by atomic mass is 32.2. The van der Waals surface area contributed by atoms with Gasteiger partial charge < -0.3 is 5.11 Å². The molecule has 0 aliphatic carbocycles. The first-order chi connectivity index (χ1) is 7.38. The maximum absolute atomic E-state index is 8.81. The van der Waals surface area contributed by atoms with E-state index in [9.17, 15) is 0 Å². The van der Waals surface area contributed by atoms with E-state index in [1.165, 1.54) is 11.8 Å². The summed E-state index contributed by atoms with van der Waals surface area (Å²) in [7, 11) is 0. The topological polar surface area (TPSA) is 71.8 Å². The zero-order valence-corrected chi connectivity index (χ0v) is 8.55. The quantitative estimate of drug-likeness (QED) is 0.775. The Morgan fingerprint density at radius 3 is 2.20 bits per heavy atom. The average molecular weight is 220 g/mol. The van der Waals surface area contributed by atoms with Gasteiger partial charge in [-0.1, -0.05) is 0 Å². The number of aliphatic hydroxyl groups is 1. The van der Waals surface area contributed by atoms with E-state index in [0.29, 0.717) is 15.9 Å². The summed E-state index contributed by atoms with van der Waals surface area (Å²) in [6, 6.07) is 1.75. The van der Waals surface area contributed by atoms with Crippen LogP contribution in [0.15, 0.2) is 41.2 Å². The molecule has 2 rings (SSSR count). The van der Waals surface area contributed by atoms with Crippen molar-refractivity contribution >= 4 is 11.8 Å². The van der Waals surface area contributed by atoms with Crippen LogP contribution in [0.2, 0.25) is 0 Å². The van der Waals surface area contributed by atoms with Gasteiger partial charge in [0.05, 0.1) is 6.61 Å². The first-order valence-corrected chi connectivity index (χ1v) is 5.07. The Morgan fingerprint density at radius 1 is 1.00 bits per heavy atom. The van der Waals surface area contributed by atoms with E-state index in [2.05, 4.69) is 19.9 Å². The Hall–Kier alpha value is -1.53. The molecule has 15 heavy (non-hydrogen) atoms. The first kappa shape index (κ1) is 10.0. The number of hydrogen-bond acceptors (Lipinski definition) is 6. The van der Waals surface area contributed by atoms with Crippen LogP contribution >= 0.6 is 11.8 Å². The van der Waals surface area contributed by atoms with Crippen molar-refractivity contribution in [3.05, 3.63) is 36.4 Å². The van der Waals surface area contributed by atoms with Gasteiger partial charge in [-0.25, -0.2) is 19.9 Å². The second kappa shape index (κ2) is 4.81. The minimum Gasteiger partial charge on any atom is -0.392 e. The minimum atomic E-state index is -0.0488. The van der Waals surface area contributed by atoms with Crippen molar-refractivity contribution in [2.75, 3.05) is 0 Å². The SMILES string of the molecule is OCc1cnc(Sc2ncccn2)nc1. The molecular formula is C9H8N4OS. The zero-order chi connectivity index (χ0) is 10.5. The predicted molar refractivity (Wildman–Crippen MR) is 54.1 cm³/mol. The molecule has 0 unspecified atom stereocenters. The second-order valence-electron chi connectivity index (χ2n) is 2.67. The average Bonchev–Trinajstić information content (AvgIpc) is 2.31. The van der Waals surface area contributed by atoms with Crippen LogP contribution in [0.3, 0.4) is 0 Å². The van der Waals surface area contributed by atoms with Gasteiger partial charge in [0.2, 0.25) is 0 Å². The molecule has 0 saturated carbocycles. The van der Waals surface area contributed by atoms with Crippen molar-refractivity contribution in [1.29, 1.82) is 0 Å². The zero-order valence-electron chi connectivity index (χ0n) is 7.74. The Labute approximate surface area is 90.6 Å². The van der Waals surface area contributed by atoms with Crippen LogP contribution in [0.1, 0.15) is 5.56 Å². The van der Waals surface area contributed by atoms with Crippen molar-refractivity contribution < 1.29 is 5.11 Å². The van der Waals surface area contributed by atoms with E-state index in [0.717, 1.165) is 0 Å². The normalized spacial score (nSPS) is 10.2. The molecule has 0 aliphatic heterocycles. The summed E-state index contributed by atoms with van der Waals surface area (Å²) in [5.74, 6) is 0. The molecule has 0 spiro atoms. The van der Waals surface area contributed by atoms with Gasteiger partial charge in [0.25, 0.3) is 0 Å². The van der Waals surface area contributed by atoms with Crippen LogP contribution in [0.25, 0.3) is 0 Å². The van der Waals surface area contributed by atoms with E-state index in [4.69, 9.17) is 5.11 Å². The molecular weight excluding hydrogens is 212 g/mol. The molecule has 0 fully saturated rings. The standard InChI is InChI=1S/C9H8N4OS/c14-6-7-4-12-9(13-5-7)15-8-10-2-1-3-11-8/h1-5,14H,6H2. The lowest BCUT2D eigenvalue weighted by atomic mass is 10.4. The van der Waals surface area contributed by atoms with Crippen molar-refractivity contribution in [3.8, 4) is 0 Å². The number of aliphatic hydroxyl groups excluding tert-OH is 1. The lowest BCUT2D eigenvalue weighted by Gasteiger charge is -1.98. The summed E-state index contributed by atoms with van der Waals surface area (Å²) in [5.41, 5.74) is 0.688. The van der Waals surface area contributed by atoms with E-state index in [1.54, 1.807) is 30.9 Å². The number of hydrogen-bond donors (Lipinski definition) is 1. The van der Waals surface area contributed by atoms with Gasteiger partial charge in [-0.2, -0.15) is 0 Å². The third kappa shape index (κ3) is 2.71. The van der Waals surface area contributed by atoms with Gasteiger partial charge in [-0.3, -0.25) is 0 Å². The highest BCUT2D eigenvalue weighted by Gasteiger charge is 2.01. The van der Waals surface area contributed by atoms with Crippen molar-refractivity contribution in [2.24, 2.45) is 0 Å². The number of rotatable bonds is 3. The van der Waals surface area contributed by atoms with Crippen LogP contribution in [0, 0.1) is 0 Å². The molecule has 5 nitrogen and oxygen atoms in total. The molecule has 2 heterocycles. The monoisotopic (exact) mass is 220 g/mol. The van der Waals surface area contributed by atoms with E-state index < -0.39 is 0 Å². The molecule has 0 amide bonds. The van der Waals surface area contributed by atoms with Gasteiger partial charge in [-0.15, -0.1) is 0 Å². The molecule has 0 aromatic carbocycles. The maximum Gasteiger partial charge on any atom is 0.195 e. The fourth-order valence-electron chi connectivity index (χ4n) is 0.897. The van der Waals surface area contributed by atoms with E-state index in [-0.39, 0.29) is 6.61 Å². The molecule has 76 valence electrons. The maximum atomic E-state index is 8.81. The van der Waals surface area contributed by atoms with Crippen LogP contribution < -0.4 is 0 Å². The minimum absolute atomic E-state index is 0.0488. The molecule has 0 saturated heterocycles. The van der Waals surface area contributed by atoms with Gasteiger partial charge in [-0.05, 0) is 17.8 Å². The second-order valence-corrected chi connectivity index (χ2v) is 3.60. The van der Waals surface area contributed by atoms with E-state index in [1.807, 2.05) is 0 Å². The summed E-state index contributed by atoms with van der Waals surface area (Å²) in [5, 5.41) is 9.98. The largest absolute Gasteiger partial charge is 0.392 e. The van der Waals surface area contributed by atoms with Crippen molar-refractivity contribution in [1.82, 2.24) is 19.9 Å². The Bertz CT molecular complexity index is 420. The molecule has 0 bridgehead atoms. The number of nitrogens with zero attached hydrogens (tertiary/aromatic N) is 4. The summed E-state index contributed by atoms with van der Waals surface area (Å²) in [4.78, 5) is 16.2. The molecule has 0 radical (unpaired) electrons. The smallest absolute Gasteiger partial charge is 0.195 e. The van der Waals surface area contributed by atoms with Gasteiger partial charge in [0.1, 0.15) is 0 Å². The summed E-state index contributed by atoms with van der Waals surface area (Å²) in [6.45, 7) is -0.0488. The van der Waals surface area contributed by atoms with Gasteiger partial charge in [0, 0.05) is 30.4 Å². The lowest BCUT2D eigenvalue weighted by molar-refractivity contribution is 0.280. The third-order valence-electron chi connectivity index (χ3n) is 1.59. The molecule has 2 aromatic heterocycles. The van der Waals surface area contributed by atoms with Crippen molar-refractivity contribution in [3.63, 3.8) is 0 Å². The predicted octanol–water partition coefficient (Wildman–Crippen LogP) is 0.910. The summed E-state index contributed by atoms with van der Waals surface area (Å²) < 4.78 is 0. The van der Waals surface area contributed by atoms with E-state index >= 15 is 0 Å². The highest BCUT2D eigenvalue weighted by Crippen LogP contribution is 2.18. The summed E-state index contributed by atoms with van der Waals surface area (Å²) >= 11 is 1.28. The molecule has 6 heteroatoms. The number of aromatic nitrogens is 4. The van der Waals surface area contributed by atoms with Crippen molar-refractivity contribution in [2.45, 2.75) is 16.9 Å². The first-order valence-electron chi connectivity index (χ1n) is 4.25. The van der Waals surface area contributed by atoms with Crippen LogP contribution in [0.4, 0.5) is 0 Å². The van der Waals surface area contributed by atoms with Crippen LogP contribution in [-0.2, 0) is 6.61 Å². The van der Waals surface area contributed by atoms with Gasteiger partial charge >= 0.3 is 0 Å². The Morgan fingerprint density at radius 2 is 1.60 bits per heavy atom. The Balaban J connectivity index is 2.11. The highest BCUT2D eigenvalue weighted by molar-refractivity contribution is 7.99. The molecule has 0 aliphatic rings. The molecule has 1 N–H and O–H groups in total. The third-order valence-corrected chi connectivity index (χ3v) is 2.38. The molecule has 2 aromatic rings. The fourth-order valence-corrected chi connectivity index (χ4v) is 1.50.